The molecule has 14 heteroatoms. The topological polar surface area (TPSA) is 127 Å². The molecule has 2 N–H and O–H groups in total. The lowest BCUT2D eigenvalue weighted by Gasteiger charge is -2.26. The lowest BCUT2D eigenvalue weighted by molar-refractivity contribution is 0.349. The van der Waals surface area contributed by atoms with Crippen molar-refractivity contribution in [2.24, 2.45) is 7.05 Å². The van der Waals surface area contributed by atoms with E-state index in [1.807, 2.05) is 22.6 Å². The average molecular weight is 721 g/mol. The van der Waals surface area contributed by atoms with Crippen LogP contribution in [0.5, 0.6) is 0 Å². The van der Waals surface area contributed by atoms with Crippen LogP contribution in [0, 0.1) is 16.3 Å². The molecule has 1 saturated heterocycles. The van der Waals surface area contributed by atoms with Crippen LogP contribution in [0.4, 0.5) is 21.6 Å². The van der Waals surface area contributed by atoms with Gasteiger partial charge in [0.15, 0.2) is 0 Å². The minimum absolute atomic E-state index is 0.0424. The van der Waals surface area contributed by atoms with E-state index in [1.54, 1.807) is 24.3 Å². The van der Waals surface area contributed by atoms with Crippen LogP contribution in [0.15, 0.2) is 56.8 Å². The van der Waals surface area contributed by atoms with Gasteiger partial charge in [0.25, 0.3) is 11.1 Å². The Kier molecular flexibility index (Phi) is 7.71. The Bertz CT molecular complexity index is 2060. The molecule has 0 bridgehead atoms. The van der Waals surface area contributed by atoms with Gasteiger partial charge in [0, 0.05) is 35.3 Å². The van der Waals surface area contributed by atoms with Crippen LogP contribution in [0.2, 0.25) is 0 Å². The molecule has 2 aromatic heterocycles. The highest BCUT2D eigenvalue weighted by Gasteiger charge is 2.32. The second-order valence-electron chi connectivity index (χ2n) is 11.0. The number of nitrogens with one attached hydrogen (secondary N) is 2. The number of aryl methyl sites for hydroxylation is 1. The lowest BCUT2D eigenvalue weighted by Crippen LogP contribution is -2.41. The maximum atomic E-state index is 14.9. The summed E-state index contributed by atoms with van der Waals surface area (Å²) in [5.74, 6) is -0.529. The van der Waals surface area contributed by atoms with Gasteiger partial charge in [-0.25, -0.2) is 9.18 Å². The molecule has 226 valence electrons. The lowest BCUT2D eigenvalue weighted by atomic mass is 10.1. The second-order valence-corrected chi connectivity index (χ2v) is 13.9. The van der Waals surface area contributed by atoms with Gasteiger partial charge in [-0.3, -0.25) is 28.0 Å². The number of benzene rings is 2. The Morgan fingerprint density at radius 3 is 2.37 bits per heavy atom. The summed E-state index contributed by atoms with van der Waals surface area (Å²) >= 11 is 1.98. The second kappa shape index (κ2) is 11.2. The predicted octanol–water partition coefficient (Wildman–Crippen LogP) is 4.12. The Hall–Kier alpha value is -3.50. The number of rotatable bonds is 7. The zero-order valence-corrected chi connectivity index (χ0v) is 26.5. The number of aromatic nitrogens is 3. The summed E-state index contributed by atoms with van der Waals surface area (Å²) in [6.07, 6.45) is 3.80. The minimum atomic E-state index is -3.83. The van der Waals surface area contributed by atoms with Crippen LogP contribution >= 0.6 is 22.6 Å². The van der Waals surface area contributed by atoms with E-state index in [-0.39, 0.29) is 45.4 Å². The summed E-state index contributed by atoms with van der Waals surface area (Å²) < 4.78 is 49.5. The molecular formula is C29H30FIN6O5S. The highest BCUT2D eigenvalue weighted by molar-refractivity contribution is 14.1. The quantitative estimate of drug-likeness (QED) is 0.277. The van der Waals surface area contributed by atoms with E-state index in [0.717, 1.165) is 19.3 Å². The van der Waals surface area contributed by atoms with Gasteiger partial charge in [-0.2, -0.15) is 12.7 Å². The van der Waals surface area contributed by atoms with Crippen LogP contribution < -0.4 is 26.8 Å². The Morgan fingerprint density at radius 2 is 1.70 bits per heavy atom. The maximum absolute atomic E-state index is 14.9. The van der Waals surface area contributed by atoms with Crippen molar-refractivity contribution in [2.45, 2.75) is 45.1 Å². The Morgan fingerprint density at radius 1 is 0.977 bits per heavy atom. The van der Waals surface area contributed by atoms with Gasteiger partial charge in [-0.15, -0.1) is 0 Å². The van der Waals surface area contributed by atoms with Crippen LogP contribution in [0.25, 0.3) is 16.6 Å². The molecule has 4 aromatic rings. The number of halogens is 2. The third-order valence-corrected chi connectivity index (χ3v) is 10.2. The van der Waals surface area contributed by atoms with E-state index < -0.39 is 32.8 Å². The third kappa shape index (κ3) is 5.40. The minimum Gasteiger partial charge on any atom is -0.338 e. The van der Waals surface area contributed by atoms with Crippen molar-refractivity contribution in [2.75, 3.05) is 23.1 Å². The van der Waals surface area contributed by atoms with Gasteiger partial charge >= 0.3 is 15.9 Å². The van der Waals surface area contributed by atoms with Gasteiger partial charge in [-0.1, -0.05) is 12.5 Å². The molecule has 2 fully saturated rings. The monoisotopic (exact) mass is 720 g/mol. The van der Waals surface area contributed by atoms with Crippen LogP contribution in [0.1, 0.15) is 43.7 Å². The van der Waals surface area contributed by atoms with Gasteiger partial charge in [0.05, 0.1) is 22.6 Å². The molecule has 11 nitrogen and oxygen atoms in total. The standard InChI is InChI=1S/C29H30FIN6O5S/c1-17-25-24(26(34(2)27(17)38)32-23-12-9-18(31)15-22(23)30)28(39)37(20-10-11-20)29(40)36(25)21-8-6-7-19(16-21)33-43(41,42)35-13-4-3-5-14-35/h6-9,12,15-16,20,32-33H,3-5,10-11,13-14H2,1-2H3. The molecule has 6 rings (SSSR count). The van der Waals surface area contributed by atoms with E-state index in [9.17, 15) is 27.2 Å². The summed E-state index contributed by atoms with van der Waals surface area (Å²) in [6.45, 7) is 2.37. The molecular weight excluding hydrogens is 690 g/mol. The normalized spacial score (nSPS) is 16.0. The van der Waals surface area contributed by atoms with Crippen molar-refractivity contribution >= 4 is 60.9 Å². The van der Waals surface area contributed by atoms with Crippen LogP contribution in [0.3, 0.4) is 0 Å². The summed E-state index contributed by atoms with van der Waals surface area (Å²) in [6, 6.07) is 10.5. The number of pyridine rings is 1. The molecule has 0 amide bonds. The highest BCUT2D eigenvalue weighted by atomic mass is 127. The third-order valence-electron chi connectivity index (χ3n) is 7.95. The molecule has 2 aromatic carbocycles. The van der Waals surface area contributed by atoms with Crippen LogP contribution in [-0.2, 0) is 17.3 Å². The Labute approximate surface area is 260 Å². The molecule has 2 aliphatic rings. The number of hydrogen-bond donors (Lipinski definition) is 2. The van der Waals surface area contributed by atoms with Crippen molar-refractivity contribution in [3.05, 3.63) is 88.6 Å². The highest BCUT2D eigenvalue weighted by Crippen LogP contribution is 2.34. The predicted molar refractivity (Wildman–Crippen MR) is 172 cm³/mol. The van der Waals surface area contributed by atoms with Gasteiger partial charge in [-0.05, 0) is 91.6 Å². The van der Waals surface area contributed by atoms with E-state index in [1.165, 1.54) is 50.2 Å². The smallest absolute Gasteiger partial charge is 0.336 e. The fourth-order valence-corrected chi connectivity index (χ4v) is 7.35. The van der Waals surface area contributed by atoms with Gasteiger partial charge in [0.2, 0.25) is 0 Å². The number of fused-ring (bicyclic) bond motifs is 1. The molecule has 1 aliphatic heterocycles. The van der Waals surface area contributed by atoms with E-state index in [4.69, 9.17) is 0 Å². The number of hydrogen-bond acceptors (Lipinski definition) is 6. The molecule has 3 heterocycles. The largest absolute Gasteiger partial charge is 0.338 e. The van der Waals surface area contributed by atoms with Crippen LogP contribution in [-0.4, -0.2) is 39.5 Å². The molecule has 0 atom stereocenters. The number of anilines is 3. The zero-order valence-electron chi connectivity index (χ0n) is 23.6. The first kappa shape index (κ1) is 29.6. The fraction of sp³-hybridized carbons (Fsp3) is 0.345. The zero-order chi connectivity index (χ0) is 30.6. The molecule has 43 heavy (non-hydrogen) atoms. The molecule has 0 spiro atoms. The first-order valence-corrected chi connectivity index (χ1v) is 16.5. The average Bonchev–Trinajstić information content (AvgIpc) is 3.81. The van der Waals surface area contributed by atoms with Crippen molar-refractivity contribution in [1.29, 1.82) is 0 Å². The SMILES string of the molecule is Cc1c(=O)n(C)c(Nc2ccc(I)cc2F)c2c(=O)n(C3CC3)c(=O)n(-c3cccc(NS(=O)(=O)N4CCCCC4)c3)c12. The first-order chi connectivity index (χ1) is 20.5. The van der Waals surface area contributed by atoms with Crippen molar-refractivity contribution in [3.63, 3.8) is 0 Å². The maximum Gasteiger partial charge on any atom is 0.336 e. The molecule has 0 unspecified atom stereocenters. The Balaban J connectivity index is 1.59. The van der Waals surface area contributed by atoms with E-state index in [0.29, 0.717) is 29.5 Å². The van der Waals surface area contributed by atoms with Crippen molar-refractivity contribution in [3.8, 4) is 5.69 Å². The number of piperidine rings is 1. The first-order valence-electron chi connectivity index (χ1n) is 14.0. The summed E-state index contributed by atoms with van der Waals surface area (Å²) in [5, 5.41) is 2.99. The molecule has 1 aliphatic carbocycles. The van der Waals surface area contributed by atoms with E-state index >= 15 is 0 Å². The summed E-state index contributed by atoms with van der Waals surface area (Å²) in [5.41, 5.74) is -0.947. The van der Waals surface area contributed by atoms with Crippen molar-refractivity contribution < 1.29 is 12.8 Å². The number of nitrogens with zero attached hydrogens (tertiary/aromatic N) is 4. The molecule has 0 radical (unpaired) electrons. The van der Waals surface area contributed by atoms with Crippen molar-refractivity contribution in [1.82, 2.24) is 18.0 Å². The van der Waals surface area contributed by atoms with Gasteiger partial charge in [0.1, 0.15) is 17.0 Å². The van der Waals surface area contributed by atoms with E-state index in [2.05, 4.69) is 10.0 Å². The summed E-state index contributed by atoms with van der Waals surface area (Å²) in [7, 11) is -2.35. The summed E-state index contributed by atoms with van der Waals surface area (Å²) in [4.78, 5) is 41.5. The fourth-order valence-electron chi connectivity index (χ4n) is 5.60. The molecule has 1 saturated carbocycles. The van der Waals surface area contributed by atoms with Gasteiger partial charge < -0.3 is 5.32 Å².